The normalized spacial score (nSPS) is 16.8. The Hall–Kier alpha value is -3.16. The van der Waals surface area contributed by atoms with Gasteiger partial charge in [-0.3, -0.25) is 19.3 Å². The lowest BCUT2D eigenvalue weighted by atomic mass is 10.1. The van der Waals surface area contributed by atoms with Crippen molar-refractivity contribution in [2.75, 3.05) is 10.3 Å². The van der Waals surface area contributed by atoms with Gasteiger partial charge in [-0.05, 0) is 19.1 Å². The fourth-order valence-corrected chi connectivity index (χ4v) is 2.60. The molecule has 0 fully saturated rings. The molecule has 0 bridgehead atoms. The van der Waals surface area contributed by atoms with E-state index in [1.54, 1.807) is 17.8 Å². The SMILES string of the molecule is Cc1cc(NC(=O)C2=NN(c3ccccc3)C(C(N)=O)C2)n(C)n1. The van der Waals surface area contributed by atoms with Crippen molar-refractivity contribution in [3.05, 3.63) is 42.1 Å². The minimum absolute atomic E-state index is 0.160. The summed E-state index contributed by atoms with van der Waals surface area (Å²) in [5, 5.41) is 12.7. The molecule has 3 rings (SSSR count). The van der Waals surface area contributed by atoms with Gasteiger partial charge in [-0.2, -0.15) is 10.2 Å². The number of hydrazone groups is 1. The predicted molar refractivity (Wildman–Crippen MR) is 90.5 cm³/mol. The fraction of sp³-hybridized carbons (Fsp3) is 0.250. The lowest BCUT2D eigenvalue weighted by Crippen LogP contribution is -2.39. The number of hydrogen-bond acceptors (Lipinski definition) is 5. The van der Waals surface area contributed by atoms with E-state index >= 15 is 0 Å². The molecule has 1 aliphatic heterocycles. The van der Waals surface area contributed by atoms with Crippen LogP contribution >= 0.6 is 0 Å². The van der Waals surface area contributed by atoms with Crippen LogP contribution in [0, 0.1) is 6.92 Å². The van der Waals surface area contributed by atoms with Gasteiger partial charge in [0.25, 0.3) is 5.91 Å². The van der Waals surface area contributed by atoms with Crippen molar-refractivity contribution in [1.82, 2.24) is 9.78 Å². The third kappa shape index (κ3) is 2.98. The molecule has 24 heavy (non-hydrogen) atoms. The minimum Gasteiger partial charge on any atom is -0.368 e. The number of aromatic nitrogens is 2. The Labute approximate surface area is 138 Å². The van der Waals surface area contributed by atoms with E-state index < -0.39 is 11.9 Å². The van der Waals surface area contributed by atoms with Crippen molar-refractivity contribution in [2.45, 2.75) is 19.4 Å². The van der Waals surface area contributed by atoms with Gasteiger partial charge in [0.1, 0.15) is 17.6 Å². The van der Waals surface area contributed by atoms with E-state index in [-0.39, 0.29) is 18.0 Å². The van der Waals surface area contributed by atoms with Gasteiger partial charge in [0.05, 0.1) is 11.4 Å². The molecule has 0 saturated carbocycles. The molecular formula is C16H18N6O2. The van der Waals surface area contributed by atoms with Gasteiger partial charge in [-0.25, -0.2) is 0 Å². The molecule has 1 unspecified atom stereocenters. The number of anilines is 2. The van der Waals surface area contributed by atoms with Crippen LogP contribution in [-0.4, -0.2) is 33.3 Å². The lowest BCUT2D eigenvalue weighted by Gasteiger charge is -2.20. The van der Waals surface area contributed by atoms with E-state index in [1.807, 2.05) is 37.3 Å². The number of carbonyl (C=O) groups is 2. The molecule has 3 N–H and O–H groups in total. The van der Waals surface area contributed by atoms with Gasteiger partial charge < -0.3 is 11.1 Å². The number of para-hydroxylation sites is 1. The number of aryl methyl sites for hydroxylation is 2. The highest BCUT2D eigenvalue weighted by Crippen LogP contribution is 2.24. The number of nitrogens with two attached hydrogens (primary N) is 1. The molecule has 8 heteroatoms. The van der Waals surface area contributed by atoms with E-state index in [9.17, 15) is 9.59 Å². The molecular weight excluding hydrogens is 308 g/mol. The molecule has 0 radical (unpaired) electrons. The minimum atomic E-state index is -0.679. The maximum atomic E-state index is 12.5. The summed E-state index contributed by atoms with van der Waals surface area (Å²) in [5.74, 6) is -0.335. The van der Waals surface area contributed by atoms with Crippen LogP contribution < -0.4 is 16.1 Å². The summed E-state index contributed by atoms with van der Waals surface area (Å²) >= 11 is 0. The zero-order chi connectivity index (χ0) is 17.3. The summed E-state index contributed by atoms with van der Waals surface area (Å²) in [6, 6.07) is 10.2. The monoisotopic (exact) mass is 326 g/mol. The lowest BCUT2D eigenvalue weighted by molar-refractivity contribution is -0.119. The third-order valence-corrected chi connectivity index (χ3v) is 3.77. The first-order valence-electron chi connectivity index (χ1n) is 7.49. The number of rotatable bonds is 4. The van der Waals surface area contributed by atoms with Crippen LogP contribution in [0.1, 0.15) is 12.1 Å². The maximum Gasteiger partial charge on any atom is 0.273 e. The van der Waals surface area contributed by atoms with Crippen LogP contribution in [-0.2, 0) is 16.6 Å². The standard InChI is InChI=1S/C16H18N6O2/c1-10-8-14(21(2)19-10)18-16(24)12-9-13(15(17)23)22(20-12)11-6-4-3-5-7-11/h3-8,13H,9H2,1-2H3,(H2,17,23)(H,18,24). The number of amides is 2. The summed E-state index contributed by atoms with van der Waals surface area (Å²) in [4.78, 5) is 24.2. The van der Waals surface area contributed by atoms with Crippen LogP contribution in [0.25, 0.3) is 0 Å². The molecule has 2 heterocycles. The van der Waals surface area contributed by atoms with Gasteiger partial charge >= 0.3 is 0 Å². The van der Waals surface area contributed by atoms with Crippen LogP contribution in [0.15, 0.2) is 41.5 Å². The summed E-state index contributed by atoms with van der Waals surface area (Å²) < 4.78 is 1.57. The second kappa shape index (κ2) is 6.15. The van der Waals surface area contributed by atoms with E-state index in [4.69, 9.17) is 5.73 Å². The van der Waals surface area contributed by atoms with Crippen LogP contribution in [0.5, 0.6) is 0 Å². The van der Waals surface area contributed by atoms with Crippen molar-refractivity contribution >= 4 is 29.0 Å². The average Bonchev–Trinajstić information content (AvgIpc) is 3.12. The maximum absolute atomic E-state index is 12.5. The number of nitrogens with zero attached hydrogens (tertiary/aromatic N) is 4. The van der Waals surface area contributed by atoms with E-state index in [2.05, 4.69) is 15.5 Å². The summed E-state index contributed by atoms with van der Waals surface area (Å²) in [5.41, 5.74) is 7.22. The molecule has 124 valence electrons. The first-order chi connectivity index (χ1) is 11.5. The Bertz CT molecular complexity index is 811. The van der Waals surface area contributed by atoms with Gasteiger partial charge in [0, 0.05) is 19.5 Å². The molecule has 0 aliphatic carbocycles. The number of hydrogen-bond donors (Lipinski definition) is 2. The van der Waals surface area contributed by atoms with Gasteiger partial charge in [0.15, 0.2) is 0 Å². The van der Waals surface area contributed by atoms with Crippen molar-refractivity contribution in [3.8, 4) is 0 Å². The first-order valence-corrected chi connectivity index (χ1v) is 7.49. The van der Waals surface area contributed by atoms with Crippen LogP contribution in [0.4, 0.5) is 11.5 Å². The summed E-state index contributed by atoms with van der Waals surface area (Å²) in [7, 11) is 1.74. The van der Waals surface area contributed by atoms with Crippen LogP contribution in [0.2, 0.25) is 0 Å². The van der Waals surface area contributed by atoms with Crippen molar-refractivity contribution < 1.29 is 9.59 Å². The average molecular weight is 326 g/mol. The van der Waals surface area contributed by atoms with Gasteiger partial charge in [0.2, 0.25) is 5.91 Å². The molecule has 8 nitrogen and oxygen atoms in total. The quantitative estimate of drug-likeness (QED) is 0.866. The summed E-state index contributed by atoms with van der Waals surface area (Å²) in [6.45, 7) is 1.84. The zero-order valence-corrected chi connectivity index (χ0v) is 13.4. The molecule has 1 aromatic heterocycles. The Morgan fingerprint density at radius 1 is 1.29 bits per heavy atom. The molecule has 2 aromatic rings. The highest BCUT2D eigenvalue weighted by molar-refractivity contribution is 6.44. The number of carbonyl (C=O) groups excluding carboxylic acids is 2. The predicted octanol–water partition coefficient (Wildman–Crippen LogP) is 0.787. The first kappa shape index (κ1) is 15.7. The topological polar surface area (TPSA) is 106 Å². The van der Waals surface area contributed by atoms with Crippen molar-refractivity contribution in [3.63, 3.8) is 0 Å². The van der Waals surface area contributed by atoms with Crippen molar-refractivity contribution in [1.29, 1.82) is 0 Å². The third-order valence-electron chi connectivity index (χ3n) is 3.77. The van der Waals surface area contributed by atoms with Crippen molar-refractivity contribution in [2.24, 2.45) is 17.9 Å². The Morgan fingerprint density at radius 3 is 2.58 bits per heavy atom. The smallest absolute Gasteiger partial charge is 0.273 e. The number of primary amides is 1. The Morgan fingerprint density at radius 2 is 2.00 bits per heavy atom. The second-order valence-electron chi connectivity index (χ2n) is 5.60. The molecule has 1 aliphatic rings. The highest BCUT2D eigenvalue weighted by atomic mass is 16.2. The van der Waals surface area contributed by atoms with E-state index in [1.165, 1.54) is 5.01 Å². The largest absolute Gasteiger partial charge is 0.368 e. The molecule has 2 amide bonds. The van der Waals surface area contributed by atoms with Gasteiger partial charge in [-0.15, -0.1) is 0 Å². The number of nitrogens with one attached hydrogen (secondary N) is 1. The zero-order valence-electron chi connectivity index (χ0n) is 13.4. The molecule has 1 atom stereocenters. The van der Waals surface area contributed by atoms with E-state index in [0.717, 1.165) is 5.69 Å². The van der Waals surface area contributed by atoms with E-state index in [0.29, 0.717) is 11.5 Å². The summed E-state index contributed by atoms with van der Waals surface area (Å²) in [6.07, 6.45) is 0.160. The molecule has 0 spiro atoms. The Balaban J connectivity index is 1.84. The number of benzene rings is 1. The molecule has 0 saturated heterocycles. The fourth-order valence-electron chi connectivity index (χ4n) is 2.60. The Kier molecular flexibility index (Phi) is 4.03. The molecule has 1 aromatic carbocycles. The second-order valence-corrected chi connectivity index (χ2v) is 5.60. The highest BCUT2D eigenvalue weighted by Gasteiger charge is 2.35. The van der Waals surface area contributed by atoms with Crippen LogP contribution in [0.3, 0.4) is 0 Å². The van der Waals surface area contributed by atoms with Gasteiger partial charge in [-0.1, -0.05) is 18.2 Å².